The summed E-state index contributed by atoms with van der Waals surface area (Å²) in [6.45, 7) is 0. The molecule has 128 valence electrons. The van der Waals surface area contributed by atoms with E-state index in [4.69, 9.17) is 11.6 Å². The molecular formula is C14H7ClF6N2O. The maximum atomic E-state index is 13.1. The highest BCUT2D eigenvalue weighted by molar-refractivity contribution is 6.33. The minimum absolute atomic E-state index is 0.0814. The summed E-state index contributed by atoms with van der Waals surface area (Å²) in [4.78, 5) is 15.3. The highest BCUT2D eigenvalue weighted by Gasteiger charge is 2.58. The lowest BCUT2D eigenvalue weighted by Gasteiger charge is -2.20. The second-order valence-corrected chi connectivity index (χ2v) is 4.95. The quantitative estimate of drug-likeness (QED) is 0.626. The molecule has 0 fully saturated rings. The molecule has 1 aromatic carbocycles. The van der Waals surface area contributed by atoms with Crippen molar-refractivity contribution in [2.75, 3.05) is 5.32 Å². The summed E-state index contributed by atoms with van der Waals surface area (Å²) in [6.07, 6.45) is -4.95. The van der Waals surface area contributed by atoms with Crippen LogP contribution in [0.25, 0.3) is 0 Å². The average Bonchev–Trinajstić information content (AvgIpc) is 2.49. The lowest BCUT2D eigenvalue weighted by Crippen LogP contribution is -2.33. The number of aromatic nitrogens is 1. The monoisotopic (exact) mass is 368 g/mol. The van der Waals surface area contributed by atoms with Crippen molar-refractivity contribution in [3.63, 3.8) is 0 Å². The van der Waals surface area contributed by atoms with Gasteiger partial charge in [0, 0.05) is 11.3 Å². The molecule has 1 heterocycles. The third kappa shape index (κ3) is 3.61. The Morgan fingerprint density at radius 3 is 2.21 bits per heavy atom. The van der Waals surface area contributed by atoms with Crippen LogP contribution in [0.15, 0.2) is 36.5 Å². The Hall–Kier alpha value is -2.29. The van der Waals surface area contributed by atoms with E-state index in [-0.39, 0.29) is 16.4 Å². The molecule has 2 rings (SSSR count). The van der Waals surface area contributed by atoms with Gasteiger partial charge in [-0.25, -0.2) is 9.37 Å². The predicted octanol–water partition coefficient (Wildman–Crippen LogP) is 4.78. The maximum Gasteiger partial charge on any atom is 0.458 e. The van der Waals surface area contributed by atoms with Gasteiger partial charge in [0.15, 0.2) is 0 Å². The first-order valence-electron chi connectivity index (χ1n) is 6.20. The zero-order valence-corrected chi connectivity index (χ0v) is 12.2. The van der Waals surface area contributed by atoms with E-state index in [9.17, 15) is 31.1 Å². The summed E-state index contributed by atoms with van der Waals surface area (Å²) < 4.78 is 76.1. The van der Waals surface area contributed by atoms with Gasteiger partial charge < -0.3 is 5.32 Å². The number of carbonyl (C=O) groups excluding carboxylic acids is 1. The molecular weight excluding hydrogens is 362 g/mol. The van der Waals surface area contributed by atoms with Crippen LogP contribution in [0, 0.1) is 5.82 Å². The number of rotatable bonds is 3. The van der Waals surface area contributed by atoms with Crippen LogP contribution in [0.3, 0.4) is 0 Å². The van der Waals surface area contributed by atoms with E-state index in [1.54, 1.807) is 0 Å². The van der Waals surface area contributed by atoms with Crippen LogP contribution in [0.5, 0.6) is 0 Å². The third-order valence-corrected chi connectivity index (χ3v) is 3.21. The molecule has 0 aliphatic carbocycles. The number of hydrogen-bond donors (Lipinski definition) is 1. The van der Waals surface area contributed by atoms with Crippen LogP contribution in [-0.2, 0) is 5.92 Å². The zero-order chi connectivity index (χ0) is 18.1. The number of nitrogens with zero attached hydrogens (tertiary/aromatic N) is 1. The van der Waals surface area contributed by atoms with Crippen LogP contribution < -0.4 is 5.32 Å². The molecule has 0 spiro atoms. The summed E-state index contributed by atoms with van der Waals surface area (Å²) in [5.41, 5.74) is -1.68. The Labute approximate surface area is 136 Å². The van der Waals surface area contributed by atoms with Crippen molar-refractivity contribution in [1.29, 1.82) is 0 Å². The molecule has 0 aliphatic rings. The van der Waals surface area contributed by atoms with Gasteiger partial charge in [-0.15, -0.1) is 0 Å². The Balaban J connectivity index is 2.20. The van der Waals surface area contributed by atoms with Crippen LogP contribution in [-0.4, -0.2) is 17.1 Å². The number of alkyl halides is 5. The van der Waals surface area contributed by atoms with Crippen molar-refractivity contribution in [2.45, 2.75) is 12.1 Å². The molecule has 0 saturated heterocycles. The first-order chi connectivity index (χ1) is 11.0. The fourth-order valence-corrected chi connectivity index (χ4v) is 1.90. The molecule has 0 saturated carbocycles. The first-order valence-corrected chi connectivity index (χ1v) is 6.57. The van der Waals surface area contributed by atoms with Crippen molar-refractivity contribution in [2.24, 2.45) is 0 Å². The van der Waals surface area contributed by atoms with Crippen molar-refractivity contribution in [1.82, 2.24) is 4.98 Å². The number of anilines is 1. The number of pyridine rings is 1. The normalized spacial score (nSPS) is 12.1. The molecule has 3 nitrogen and oxygen atoms in total. The number of nitrogens with one attached hydrogen (secondary N) is 1. The predicted molar refractivity (Wildman–Crippen MR) is 73.5 cm³/mol. The van der Waals surface area contributed by atoms with Gasteiger partial charge in [0.2, 0.25) is 0 Å². The van der Waals surface area contributed by atoms with Crippen LogP contribution >= 0.6 is 11.6 Å². The van der Waals surface area contributed by atoms with Gasteiger partial charge >= 0.3 is 12.1 Å². The van der Waals surface area contributed by atoms with Gasteiger partial charge in [0.25, 0.3) is 5.91 Å². The summed E-state index contributed by atoms with van der Waals surface area (Å²) in [5, 5.41) is 1.89. The van der Waals surface area contributed by atoms with E-state index in [1.807, 2.05) is 0 Å². The van der Waals surface area contributed by atoms with Crippen LogP contribution in [0.4, 0.5) is 32.0 Å². The van der Waals surface area contributed by atoms with Gasteiger partial charge in [-0.2, -0.15) is 22.0 Å². The van der Waals surface area contributed by atoms with Crippen LogP contribution in [0.1, 0.15) is 15.9 Å². The summed E-state index contributed by atoms with van der Waals surface area (Å²) in [7, 11) is 0. The summed E-state index contributed by atoms with van der Waals surface area (Å²) in [5.74, 6) is -6.75. The third-order valence-electron chi connectivity index (χ3n) is 2.91. The van der Waals surface area contributed by atoms with Crippen molar-refractivity contribution in [3.8, 4) is 0 Å². The summed E-state index contributed by atoms with van der Waals surface area (Å²) >= 11 is 5.63. The standard InChI is InChI=1S/C14H7ClF6N2O/c15-11-10(5-8(16)6-22-11)12(24)23-9-3-1-7(2-4-9)13(17,18)14(19,20)21/h1-6H,(H,23,24). The van der Waals surface area contributed by atoms with Gasteiger partial charge in [-0.05, 0) is 18.2 Å². The van der Waals surface area contributed by atoms with Gasteiger partial charge in [-0.3, -0.25) is 4.79 Å². The smallest absolute Gasteiger partial charge is 0.322 e. The molecule has 1 N–H and O–H groups in total. The molecule has 0 unspecified atom stereocenters. The van der Waals surface area contributed by atoms with Crippen molar-refractivity contribution in [3.05, 3.63) is 58.6 Å². The number of halogens is 7. The van der Waals surface area contributed by atoms with E-state index in [0.717, 1.165) is 24.4 Å². The Bertz CT molecular complexity index is 761. The van der Waals surface area contributed by atoms with E-state index in [1.165, 1.54) is 0 Å². The minimum atomic E-state index is -5.74. The molecule has 1 aromatic heterocycles. The fourth-order valence-electron chi connectivity index (χ4n) is 1.71. The topological polar surface area (TPSA) is 42.0 Å². The van der Waals surface area contributed by atoms with E-state index < -0.39 is 29.4 Å². The number of benzene rings is 1. The van der Waals surface area contributed by atoms with Crippen LogP contribution in [0.2, 0.25) is 5.15 Å². The molecule has 0 radical (unpaired) electrons. The second kappa shape index (κ2) is 6.31. The van der Waals surface area contributed by atoms with Crippen molar-refractivity contribution >= 4 is 23.2 Å². The maximum absolute atomic E-state index is 13.1. The van der Waals surface area contributed by atoms with E-state index in [0.29, 0.717) is 12.1 Å². The van der Waals surface area contributed by atoms with Gasteiger partial charge in [-0.1, -0.05) is 23.7 Å². The molecule has 0 atom stereocenters. The molecule has 2 aromatic rings. The number of hydrogen-bond acceptors (Lipinski definition) is 2. The molecule has 10 heteroatoms. The lowest BCUT2D eigenvalue weighted by atomic mass is 10.1. The van der Waals surface area contributed by atoms with Gasteiger partial charge in [0.05, 0.1) is 11.8 Å². The largest absolute Gasteiger partial charge is 0.458 e. The Morgan fingerprint density at radius 1 is 1.08 bits per heavy atom. The highest BCUT2D eigenvalue weighted by Crippen LogP contribution is 2.43. The number of amides is 1. The Kier molecular flexibility index (Phi) is 4.75. The van der Waals surface area contributed by atoms with Gasteiger partial charge in [0.1, 0.15) is 11.0 Å². The molecule has 0 bridgehead atoms. The SMILES string of the molecule is O=C(Nc1ccc(C(F)(F)C(F)(F)F)cc1)c1cc(F)cnc1Cl. The highest BCUT2D eigenvalue weighted by atomic mass is 35.5. The molecule has 1 amide bonds. The van der Waals surface area contributed by atoms with Crippen molar-refractivity contribution < 1.29 is 31.1 Å². The summed E-state index contributed by atoms with van der Waals surface area (Å²) in [6, 6.07) is 3.56. The molecule has 0 aliphatic heterocycles. The fraction of sp³-hybridized carbons (Fsp3) is 0.143. The Morgan fingerprint density at radius 2 is 1.67 bits per heavy atom. The second-order valence-electron chi connectivity index (χ2n) is 4.60. The average molecular weight is 369 g/mol. The molecule has 24 heavy (non-hydrogen) atoms. The van der Waals surface area contributed by atoms with E-state index >= 15 is 0 Å². The van der Waals surface area contributed by atoms with E-state index in [2.05, 4.69) is 10.3 Å². The lowest BCUT2D eigenvalue weighted by molar-refractivity contribution is -0.289. The number of carbonyl (C=O) groups is 1. The minimum Gasteiger partial charge on any atom is -0.322 e. The zero-order valence-electron chi connectivity index (χ0n) is 11.5. The first kappa shape index (κ1) is 18.1.